The molecule has 0 aliphatic carbocycles. The van der Waals surface area contributed by atoms with Crippen molar-refractivity contribution in [1.82, 2.24) is 5.32 Å². The number of anilines is 1. The van der Waals surface area contributed by atoms with E-state index in [1.807, 2.05) is 59.3 Å². The summed E-state index contributed by atoms with van der Waals surface area (Å²) in [4.78, 5) is 12.1. The molecule has 0 aromatic heterocycles. The van der Waals surface area contributed by atoms with Crippen molar-refractivity contribution in [2.24, 2.45) is 8.44 Å². The second-order valence-electron chi connectivity index (χ2n) is 5.94. The number of nitrogens with zero attached hydrogens (tertiary/aromatic N) is 2. The van der Waals surface area contributed by atoms with Gasteiger partial charge in [-0.2, -0.15) is 0 Å². The third-order valence-electron chi connectivity index (χ3n) is 4.25. The molecule has 1 unspecified atom stereocenters. The van der Waals surface area contributed by atoms with Gasteiger partial charge in [-0.25, -0.2) is 4.79 Å². The van der Waals surface area contributed by atoms with Gasteiger partial charge in [0.25, 0.3) is 0 Å². The maximum Gasteiger partial charge on any atom is 0.319 e. The van der Waals surface area contributed by atoms with Crippen molar-refractivity contribution in [3.63, 3.8) is 0 Å². The molecule has 0 fully saturated rings. The fraction of sp³-hybridized carbons (Fsp3) is 0.316. The van der Waals surface area contributed by atoms with E-state index in [9.17, 15) is 4.79 Å². The van der Waals surface area contributed by atoms with E-state index in [1.165, 1.54) is 11.1 Å². The minimum Gasteiger partial charge on any atom is -0.338 e. The molecule has 2 aromatic rings. The Labute approximate surface area is 176 Å². The predicted octanol–water partition coefficient (Wildman–Crippen LogP) is 6.90. The van der Waals surface area contributed by atoms with Gasteiger partial charge >= 0.3 is 6.03 Å². The summed E-state index contributed by atoms with van der Waals surface area (Å²) in [6, 6.07) is 13.4. The zero-order valence-corrected chi connectivity index (χ0v) is 18.5. The van der Waals surface area contributed by atoms with Crippen molar-refractivity contribution >= 4 is 56.2 Å². The van der Waals surface area contributed by atoms with Crippen LogP contribution < -0.4 is 10.6 Å². The van der Waals surface area contributed by atoms with Crippen molar-refractivity contribution < 1.29 is 4.79 Å². The van der Waals surface area contributed by atoms with Gasteiger partial charge in [0.2, 0.25) is 0 Å². The van der Waals surface area contributed by atoms with E-state index in [2.05, 4.69) is 54.9 Å². The summed E-state index contributed by atoms with van der Waals surface area (Å²) in [5.74, 6) is 0.317. The Bertz CT molecular complexity index is 782. The second-order valence-corrected chi connectivity index (χ2v) is 7.22. The number of halogens is 2. The Morgan fingerprint density at radius 3 is 2.69 bits per heavy atom. The van der Waals surface area contributed by atoms with E-state index < -0.39 is 0 Å². The van der Waals surface area contributed by atoms with E-state index in [1.54, 1.807) is 0 Å². The van der Waals surface area contributed by atoms with Gasteiger partial charge in [0.1, 0.15) is 22.9 Å². The van der Waals surface area contributed by atoms with Crippen LogP contribution in [-0.2, 0) is 0 Å². The summed E-state index contributed by atoms with van der Waals surface area (Å²) in [5.41, 5.74) is 4.07. The molecule has 26 heavy (non-hydrogen) atoms. The van der Waals surface area contributed by atoms with Crippen LogP contribution in [0.25, 0.3) is 0 Å². The number of carbonyl (C=O) groups is 1. The van der Waals surface area contributed by atoms with Gasteiger partial charge in [0.05, 0.1) is 11.4 Å². The predicted molar refractivity (Wildman–Crippen MR) is 119 cm³/mol. The van der Waals surface area contributed by atoms with E-state index in [-0.39, 0.29) is 6.03 Å². The Hall–Kier alpha value is -1.48. The number of urea groups is 1. The number of hydrogen-bond donors (Lipinski definition) is 2. The number of benzene rings is 2. The molecule has 138 valence electrons. The first-order valence-corrected chi connectivity index (χ1v) is 10.2. The molecule has 2 aromatic carbocycles. The zero-order chi connectivity index (χ0) is 18.9. The summed E-state index contributed by atoms with van der Waals surface area (Å²) in [7, 11) is 0. The molecular formula is C19H22BrIN4O. The molecular weight excluding hydrogens is 507 g/mol. The zero-order valence-electron chi connectivity index (χ0n) is 14.8. The van der Waals surface area contributed by atoms with Crippen molar-refractivity contribution in [1.29, 1.82) is 0 Å². The monoisotopic (exact) mass is 528 g/mol. The third kappa shape index (κ3) is 5.77. The minimum absolute atomic E-state index is 0.205. The van der Waals surface area contributed by atoms with Gasteiger partial charge in [-0.3, -0.25) is 0 Å². The molecule has 0 saturated heterocycles. The van der Waals surface area contributed by atoms with Crippen LogP contribution >= 0.6 is 38.8 Å². The normalized spacial score (nSPS) is 12.2. The molecule has 2 rings (SSSR count). The molecule has 0 aliphatic heterocycles. The lowest BCUT2D eigenvalue weighted by molar-refractivity contribution is 0.251. The molecule has 1 atom stereocenters. The highest BCUT2D eigenvalue weighted by Gasteiger charge is 2.16. The topological polar surface area (TPSA) is 65.8 Å². The van der Waals surface area contributed by atoms with E-state index in [0.29, 0.717) is 12.5 Å². The summed E-state index contributed by atoms with van der Waals surface area (Å²) in [6.07, 6.45) is 1.82. The third-order valence-corrected chi connectivity index (χ3v) is 5.16. The molecule has 0 aliphatic rings. The van der Waals surface area contributed by atoms with Gasteiger partial charge in [-0.1, -0.05) is 31.2 Å². The molecule has 0 saturated carbocycles. The second kappa shape index (κ2) is 10.6. The summed E-state index contributed by atoms with van der Waals surface area (Å²) < 4.78 is 4.76. The quantitative estimate of drug-likeness (QED) is 0.298. The van der Waals surface area contributed by atoms with Crippen molar-refractivity contribution in [3.05, 3.63) is 58.1 Å². The van der Waals surface area contributed by atoms with Gasteiger partial charge in [0, 0.05) is 11.0 Å². The van der Waals surface area contributed by atoms with Crippen LogP contribution in [0.5, 0.6) is 0 Å². The summed E-state index contributed by atoms with van der Waals surface area (Å²) in [5, 5.41) is 10.0. The molecule has 0 radical (unpaired) electrons. The number of amides is 2. The molecule has 2 amide bonds. The fourth-order valence-electron chi connectivity index (χ4n) is 2.97. The molecule has 0 heterocycles. The number of rotatable bonds is 7. The maximum absolute atomic E-state index is 12.1. The van der Waals surface area contributed by atoms with Crippen LogP contribution in [0.1, 0.15) is 36.8 Å². The number of aryl methyl sites for hydroxylation is 1. The number of hydrogen-bond acceptors (Lipinski definition) is 3. The molecule has 5 nitrogen and oxygen atoms in total. The Morgan fingerprint density at radius 1 is 1.23 bits per heavy atom. The highest BCUT2D eigenvalue weighted by molar-refractivity contribution is 14.1. The van der Waals surface area contributed by atoms with E-state index in [4.69, 9.17) is 0 Å². The lowest BCUT2D eigenvalue weighted by atomic mass is 9.88. The van der Waals surface area contributed by atoms with Crippen LogP contribution in [0.3, 0.4) is 0 Å². The number of carbonyl (C=O) groups excluding carboxylic acids is 1. The molecule has 0 spiro atoms. The summed E-state index contributed by atoms with van der Waals surface area (Å²) in [6.45, 7) is 4.84. The Balaban J connectivity index is 1.97. The van der Waals surface area contributed by atoms with Gasteiger partial charge < -0.3 is 10.6 Å². The van der Waals surface area contributed by atoms with E-state index in [0.717, 1.165) is 28.7 Å². The minimum atomic E-state index is -0.205. The molecule has 0 bridgehead atoms. The van der Waals surface area contributed by atoms with Crippen molar-refractivity contribution in [2.45, 2.75) is 32.6 Å². The Kier molecular flexibility index (Phi) is 8.50. The first-order valence-electron chi connectivity index (χ1n) is 8.47. The average Bonchev–Trinajstić information content (AvgIpc) is 2.62. The van der Waals surface area contributed by atoms with Crippen LogP contribution in [-0.4, -0.2) is 12.6 Å². The average molecular weight is 529 g/mol. The Morgan fingerprint density at radius 2 is 2.00 bits per heavy atom. The van der Waals surface area contributed by atoms with Crippen LogP contribution in [0.4, 0.5) is 16.2 Å². The lowest BCUT2D eigenvalue weighted by Crippen LogP contribution is -2.30. The smallest absolute Gasteiger partial charge is 0.319 e. The van der Waals surface area contributed by atoms with Gasteiger partial charge in [0.15, 0.2) is 0 Å². The largest absolute Gasteiger partial charge is 0.338 e. The number of nitrogens with one attached hydrogen (secondary N) is 2. The summed E-state index contributed by atoms with van der Waals surface area (Å²) >= 11 is 5.32. The van der Waals surface area contributed by atoms with Crippen molar-refractivity contribution in [3.8, 4) is 0 Å². The van der Waals surface area contributed by atoms with Gasteiger partial charge in [-0.15, -0.1) is 8.44 Å². The van der Waals surface area contributed by atoms with Crippen molar-refractivity contribution in [2.75, 3.05) is 11.9 Å². The van der Waals surface area contributed by atoms with Gasteiger partial charge in [-0.05, 0) is 70.9 Å². The number of para-hydroxylation sites is 1. The molecule has 2 N–H and O–H groups in total. The first-order chi connectivity index (χ1) is 12.6. The first kappa shape index (κ1) is 20.8. The van der Waals surface area contributed by atoms with Crippen LogP contribution in [0.15, 0.2) is 55.4 Å². The molecule has 7 heteroatoms. The highest BCUT2D eigenvalue weighted by Crippen LogP contribution is 2.34. The maximum atomic E-state index is 12.1. The van der Waals surface area contributed by atoms with Crippen LogP contribution in [0, 0.1) is 6.92 Å². The SMILES string of the molecule is CCC(CCNC(=O)Nc1ccccc1Br)c1c(C)cccc1N=NI. The lowest BCUT2D eigenvalue weighted by Gasteiger charge is -2.20. The van der Waals surface area contributed by atoms with Crippen LogP contribution in [0.2, 0.25) is 0 Å². The standard InChI is InChI=1S/C19H22BrIN4O/c1-3-14(18-13(2)7-6-10-17(18)24-25-21)11-12-22-19(26)23-16-9-5-4-8-15(16)20/h4-10,14H,3,11-12H2,1-2H3,(H2,22,23,26). The highest BCUT2D eigenvalue weighted by atomic mass is 127. The van der Waals surface area contributed by atoms with E-state index >= 15 is 0 Å². The fourth-order valence-corrected chi connectivity index (χ4v) is 3.58.